The lowest BCUT2D eigenvalue weighted by Gasteiger charge is -2.31. The SMILES string of the molecule is N#Cc1ccc(NC(=O)C[NH+]2CCc3sccc3[C@H]2c2cccs2)cc1. The number of quaternary nitrogens is 1. The van der Waals surface area contributed by atoms with Crippen LogP contribution in [0, 0.1) is 11.3 Å². The maximum atomic E-state index is 12.6. The van der Waals surface area contributed by atoms with Crippen LogP contribution in [0.3, 0.4) is 0 Å². The first-order chi connectivity index (χ1) is 12.7. The first-order valence-corrected chi connectivity index (χ1v) is 10.2. The number of nitriles is 1. The molecule has 2 aromatic heterocycles. The van der Waals surface area contributed by atoms with E-state index in [1.165, 1.54) is 20.2 Å². The minimum Gasteiger partial charge on any atom is -0.321 e. The Morgan fingerprint density at radius 3 is 2.77 bits per heavy atom. The summed E-state index contributed by atoms with van der Waals surface area (Å²) in [5.41, 5.74) is 2.69. The molecule has 0 radical (unpaired) electrons. The average molecular weight is 381 g/mol. The highest BCUT2D eigenvalue weighted by Crippen LogP contribution is 2.31. The van der Waals surface area contributed by atoms with E-state index in [0.717, 1.165) is 18.7 Å². The molecule has 130 valence electrons. The highest BCUT2D eigenvalue weighted by molar-refractivity contribution is 7.10. The van der Waals surface area contributed by atoms with Gasteiger partial charge in [-0.3, -0.25) is 4.79 Å². The molecule has 1 unspecified atom stereocenters. The summed E-state index contributed by atoms with van der Waals surface area (Å²) in [4.78, 5) is 16.6. The zero-order valence-electron chi connectivity index (χ0n) is 14.1. The molecule has 26 heavy (non-hydrogen) atoms. The number of fused-ring (bicyclic) bond motifs is 1. The molecule has 2 N–H and O–H groups in total. The fraction of sp³-hybridized carbons (Fsp3) is 0.200. The molecule has 1 aliphatic heterocycles. The van der Waals surface area contributed by atoms with Crippen molar-refractivity contribution >= 4 is 34.3 Å². The quantitative estimate of drug-likeness (QED) is 0.731. The van der Waals surface area contributed by atoms with Crippen LogP contribution in [-0.4, -0.2) is 19.0 Å². The number of carbonyl (C=O) groups is 1. The summed E-state index contributed by atoms with van der Waals surface area (Å²) in [6.07, 6.45) is 1.02. The van der Waals surface area contributed by atoms with Gasteiger partial charge in [0.1, 0.15) is 6.04 Å². The number of nitrogens with zero attached hydrogens (tertiary/aromatic N) is 1. The number of rotatable bonds is 4. The molecule has 1 aromatic carbocycles. The van der Waals surface area contributed by atoms with Crippen LogP contribution in [0.5, 0.6) is 0 Å². The van der Waals surface area contributed by atoms with Gasteiger partial charge in [-0.2, -0.15) is 5.26 Å². The second kappa shape index (κ2) is 7.42. The molecule has 1 aliphatic rings. The molecule has 6 heteroatoms. The first kappa shape index (κ1) is 17.0. The van der Waals surface area contributed by atoms with Crippen LogP contribution in [0.2, 0.25) is 0 Å². The maximum absolute atomic E-state index is 12.6. The third kappa shape index (κ3) is 3.42. The molecule has 3 heterocycles. The van der Waals surface area contributed by atoms with Gasteiger partial charge in [-0.1, -0.05) is 6.07 Å². The molecule has 2 atom stereocenters. The molecule has 0 bridgehead atoms. The zero-order chi connectivity index (χ0) is 17.9. The molecule has 4 rings (SSSR count). The lowest BCUT2D eigenvalue weighted by atomic mass is 9.98. The van der Waals surface area contributed by atoms with Gasteiger partial charge >= 0.3 is 0 Å². The normalized spacial score (nSPS) is 18.7. The van der Waals surface area contributed by atoms with Crippen LogP contribution in [0.15, 0.2) is 53.2 Å². The standard InChI is InChI=1S/C20H17N3OS2/c21-12-14-3-5-15(6-4-14)22-19(24)13-23-9-7-17-16(8-11-26-17)20(23)18-2-1-10-25-18/h1-6,8,10-11,20H,7,9,13H2,(H,22,24)/p+1/t20-/m0/s1. The zero-order valence-corrected chi connectivity index (χ0v) is 15.7. The van der Waals surface area contributed by atoms with E-state index in [-0.39, 0.29) is 11.9 Å². The number of hydrogen-bond donors (Lipinski definition) is 2. The smallest absolute Gasteiger partial charge is 0.279 e. The third-order valence-electron chi connectivity index (χ3n) is 4.69. The Balaban J connectivity index is 1.51. The average Bonchev–Trinajstić information content (AvgIpc) is 3.34. The predicted octanol–water partition coefficient (Wildman–Crippen LogP) is 2.85. The molecule has 4 nitrogen and oxygen atoms in total. The van der Waals surface area contributed by atoms with E-state index in [2.05, 4.69) is 40.3 Å². The summed E-state index contributed by atoms with van der Waals surface area (Å²) < 4.78 is 0. The Bertz CT molecular complexity index is 938. The molecule has 0 spiro atoms. The summed E-state index contributed by atoms with van der Waals surface area (Å²) in [5, 5.41) is 16.1. The van der Waals surface area contributed by atoms with Crippen molar-refractivity contribution in [1.29, 1.82) is 5.26 Å². The van der Waals surface area contributed by atoms with Gasteiger partial charge in [0.25, 0.3) is 5.91 Å². The maximum Gasteiger partial charge on any atom is 0.279 e. The summed E-state index contributed by atoms with van der Waals surface area (Å²) in [6, 6.07) is 15.8. The summed E-state index contributed by atoms with van der Waals surface area (Å²) >= 11 is 3.57. The lowest BCUT2D eigenvalue weighted by Crippen LogP contribution is -3.14. The number of nitrogens with one attached hydrogen (secondary N) is 2. The van der Waals surface area contributed by atoms with Crippen LogP contribution >= 0.6 is 22.7 Å². The molecular formula is C20H18N3OS2+. The van der Waals surface area contributed by atoms with Crippen LogP contribution in [0.1, 0.15) is 26.9 Å². The monoisotopic (exact) mass is 380 g/mol. The molecule has 0 aliphatic carbocycles. The molecule has 0 fully saturated rings. The third-order valence-corrected chi connectivity index (χ3v) is 6.62. The van der Waals surface area contributed by atoms with E-state index in [1.54, 1.807) is 35.6 Å². The Morgan fingerprint density at radius 2 is 2.04 bits per heavy atom. The number of hydrogen-bond acceptors (Lipinski definition) is 4. The summed E-state index contributed by atoms with van der Waals surface area (Å²) in [7, 11) is 0. The number of anilines is 1. The van der Waals surface area contributed by atoms with E-state index >= 15 is 0 Å². The molecule has 0 saturated carbocycles. The fourth-order valence-corrected chi connectivity index (χ4v) is 5.31. The first-order valence-electron chi connectivity index (χ1n) is 8.49. The molecule has 3 aromatic rings. The lowest BCUT2D eigenvalue weighted by molar-refractivity contribution is -0.919. The minimum absolute atomic E-state index is 0.00458. The van der Waals surface area contributed by atoms with Crippen molar-refractivity contribution in [2.75, 3.05) is 18.4 Å². The topological polar surface area (TPSA) is 57.3 Å². The van der Waals surface area contributed by atoms with E-state index in [9.17, 15) is 4.79 Å². The van der Waals surface area contributed by atoms with E-state index in [1.807, 2.05) is 11.3 Å². The van der Waals surface area contributed by atoms with Gasteiger partial charge < -0.3 is 10.2 Å². The van der Waals surface area contributed by atoms with Crippen molar-refractivity contribution in [3.05, 3.63) is 74.1 Å². The van der Waals surface area contributed by atoms with E-state index in [0.29, 0.717) is 12.1 Å². The van der Waals surface area contributed by atoms with Gasteiger partial charge in [-0.15, -0.1) is 22.7 Å². The van der Waals surface area contributed by atoms with Crippen LogP contribution in [0.4, 0.5) is 5.69 Å². The van der Waals surface area contributed by atoms with Gasteiger partial charge in [-0.05, 0) is 47.2 Å². The second-order valence-corrected chi connectivity index (χ2v) is 8.30. The number of benzene rings is 1. The number of carbonyl (C=O) groups excluding carboxylic acids is 1. The van der Waals surface area contributed by atoms with Crippen molar-refractivity contribution in [2.45, 2.75) is 12.5 Å². The predicted molar refractivity (Wildman–Crippen MR) is 105 cm³/mol. The Morgan fingerprint density at radius 1 is 1.19 bits per heavy atom. The Hall–Kier alpha value is -2.46. The van der Waals surface area contributed by atoms with Gasteiger partial charge in [-0.25, -0.2) is 0 Å². The summed E-state index contributed by atoms with van der Waals surface area (Å²) in [6.45, 7) is 1.38. The highest BCUT2D eigenvalue weighted by Gasteiger charge is 2.35. The number of amides is 1. The van der Waals surface area contributed by atoms with Crippen molar-refractivity contribution in [3.8, 4) is 6.07 Å². The molecule has 1 amide bonds. The Kier molecular flexibility index (Phi) is 4.85. The van der Waals surface area contributed by atoms with Gasteiger partial charge in [0.15, 0.2) is 6.54 Å². The van der Waals surface area contributed by atoms with E-state index in [4.69, 9.17) is 5.26 Å². The minimum atomic E-state index is 0.00458. The van der Waals surface area contributed by atoms with Crippen molar-refractivity contribution < 1.29 is 9.69 Å². The highest BCUT2D eigenvalue weighted by atomic mass is 32.1. The molecule has 0 saturated heterocycles. The summed E-state index contributed by atoms with van der Waals surface area (Å²) in [5.74, 6) is 0.00458. The van der Waals surface area contributed by atoms with Gasteiger partial charge in [0.05, 0.1) is 23.1 Å². The Labute approximate surface area is 160 Å². The molecular weight excluding hydrogens is 362 g/mol. The van der Waals surface area contributed by atoms with Crippen molar-refractivity contribution in [2.24, 2.45) is 0 Å². The largest absolute Gasteiger partial charge is 0.321 e. The number of thiophene rings is 2. The second-order valence-electron chi connectivity index (χ2n) is 6.32. The fourth-order valence-electron chi connectivity index (χ4n) is 3.49. The van der Waals surface area contributed by atoms with Gasteiger partial charge in [0.2, 0.25) is 0 Å². The van der Waals surface area contributed by atoms with Crippen LogP contribution in [-0.2, 0) is 11.2 Å². The van der Waals surface area contributed by atoms with Crippen LogP contribution in [0.25, 0.3) is 0 Å². The van der Waals surface area contributed by atoms with Crippen LogP contribution < -0.4 is 10.2 Å². The van der Waals surface area contributed by atoms with Gasteiger partial charge in [0, 0.05) is 22.5 Å². The van der Waals surface area contributed by atoms with Crippen molar-refractivity contribution in [1.82, 2.24) is 0 Å². The van der Waals surface area contributed by atoms with E-state index < -0.39 is 0 Å². The van der Waals surface area contributed by atoms with Crippen molar-refractivity contribution in [3.63, 3.8) is 0 Å².